The summed E-state index contributed by atoms with van der Waals surface area (Å²) in [5, 5.41) is 10.1. The first-order valence-corrected chi connectivity index (χ1v) is 11.6. The zero-order valence-electron chi connectivity index (χ0n) is 18.8. The minimum absolute atomic E-state index is 0.157. The van der Waals surface area contributed by atoms with Gasteiger partial charge in [-0.25, -0.2) is 0 Å². The van der Waals surface area contributed by atoms with E-state index in [1.807, 2.05) is 43.6 Å². The average Bonchev–Trinajstić information content (AvgIpc) is 3.34. The Morgan fingerprint density at radius 1 is 1.12 bits per heavy atom. The van der Waals surface area contributed by atoms with Crippen LogP contribution in [0.5, 0.6) is 5.75 Å². The largest absolute Gasteiger partial charge is 0.492 e. The number of amides is 1. The molecule has 2 aromatic carbocycles. The Bertz CT molecular complexity index is 1400. The summed E-state index contributed by atoms with van der Waals surface area (Å²) < 4.78 is 8.12. The summed E-state index contributed by atoms with van der Waals surface area (Å²) in [7, 11) is 0. The van der Waals surface area contributed by atoms with Crippen molar-refractivity contribution in [1.82, 2.24) is 9.47 Å². The van der Waals surface area contributed by atoms with Crippen LogP contribution >= 0.6 is 11.8 Å². The maximum absolute atomic E-state index is 12.7. The second-order valence-corrected chi connectivity index (χ2v) is 9.42. The quantitative estimate of drug-likeness (QED) is 0.515. The van der Waals surface area contributed by atoms with Gasteiger partial charge in [0.15, 0.2) is 5.17 Å². The molecule has 0 bridgehead atoms. The van der Waals surface area contributed by atoms with Gasteiger partial charge in [-0.05, 0) is 56.2 Å². The van der Waals surface area contributed by atoms with Crippen molar-refractivity contribution >= 4 is 45.7 Å². The molecule has 0 saturated heterocycles. The minimum Gasteiger partial charge on any atom is -0.492 e. The number of rotatable bonds is 5. The molecule has 0 radical (unpaired) electrons. The van der Waals surface area contributed by atoms with Crippen molar-refractivity contribution in [2.45, 2.75) is 27.3 Å². The van der Waals surface area contributed by atoms with Gasteiger partial charge in [0.1, 0.15) is 18.2 Å². The van der Waals surface area contributed by atoms with Gasteiger partial charge in [-0.2, -0.15) is 4.99 Å². The second-order valence-electron chi connectivity index (χ2n) is 8.21. The Morgan fingerprint density at radius 3 is 2.76 bits per heavy atom. The second kappa shape index (κ2) is 8.41. The Hall–Kier alpha value is -3.58. The average molecular weight is 457 g/mol. The summed E-state index contributed by atoms with van der Waals surface area (Å²) in [4.78, 5) is 19.6. The van der Waals surface area contributed by atoms with Crippen LogP contribution < -0.4 is 4.74 Å². The molecule has 0 spiro atoms. The van der Waals surface area contributed by atoms with Crippen LogP contribution in [0.15, 0.2) is 70.3 Å². The molecule has 3 aromatic rings. The zero-order valence-corrected chi connectivity index (χ0v) is 19.6. The van der Waals surface area contributed by atoms with Crippen molar-refractivity contribution in [2.24, 2.45) is 4.99 Å². The van der Waals surface area contributed by atoms with Gasteiger partial charge in [0, 0.05) is 33.8 Å². The number of allylic oxidation sites excluding steroid dienone is 1. The fourth-order valence-corrected chi connectivity index (χ4v) is 4.81. The highest BCUT2D eigenvalue weighted by Crippen LogP contribution is 2.33. The summed E-state index contributed by atoms with van der Waals surface area (Å²) in [5.74, 6) is 0.639. The van der Waals surface area contributed by atoms with E-state index in [4.69, 9.17) is 10.1 Å². The van der Waals surface area contributed by atoms with E-state index in [0.717, 1.165) is 27.1 Å². The number of aromatic nitrogens is 1. The van der Waals surface area contributed by atoms with E-state index >= 15 is 0 Å². The number of ether oxygens (including phenoxy) is 1. The Kier molecular flexibility index (Phi) is 5.42. The van der Waals surface area contributed by atoms with Crippen molar-refractivity contribution < 1.29 is 9.53 Å². The maximum atomic E-state index is 12.7. The molecule has 1 N–H and O–H groups in total. The van der Waals surface area contributed by atoms with Gasteiger partial charge in [-0.15, -0.1) is 0 Å². The molecule has 1 amide bonds. The van der Waals surface area contributed by atoms with E-state index in [1.54, 1.807) is 11.0 Å². The molecule has 1 aromatic heterocycles. The van der Waals surface area contributed by atoms with Crippen LogP contribution in [-0.4, -0.2) is 33.0 Å². The summed E-state index contributed by atoms with van der Waals surface area (Å²) in [6.45, 7) is 7.30. The van der Waals surface area contributed by atoms with Crippen LogP contribution in [0.25, 0.3) is 17.0 Å². The van der Waals surface area contributed by atoms with Gasteiger partial charge in [0.25, 0.3) is 5.91 Å². The summed E-state index contributed by atoms with van der Waals surface area (Å²) in [5.41, 5.74) is 4.68. The first-order valence-electron chi connectivity index (χ1n) is 10.8. The van der Waals surface area contributed by atoms with Crippen LogP contribution in [-0.2, 0) is 11.3 Å². The molecule has 0 atom stereocenters. The van der Waals surface area contributed by atoms with Gasteiger partial charge >= 0.3 is 0 Å². The number of carbonyl (C=O) groups excluding carboxylic acids is 1. The Balaban J connectivity index is 1.42. The molecule has 5 rings (SSSR count). The Labute approximate surface area is 196 Å². The highest BCUT2D eigenvalue weighted by molar-refractivity contribution is 8.17. The molecule has 0 fully saturated rings. The number of carbonyl (C=O) groups is 1. The number of aryl methyl sites for hydroxylation is 2. The number of fused-ring (bicyclic) bond motifs is 2. The van der Waals surface area contributed by atoms with Crippen molar-refractivity contribution in [3.8, 4) is 5.75 Å². The summed E-state index contributed by atoms with van der Waals surface area (Å²) in [6, 6.07) is 14.2. The molecule has 2 aliphatic heterocycles. The molecule has 6 nitrogen and oxygen atoms in total. The molecule has 0 saturated carbocycles. The lowest BCUT2D eigenvalue weighted by Gasteiger charge is -2.22. The lowest BCUT2D eigenvalue weighted by Crippen LogP contribution is -2.35. The smallest absolute Gasteiger partial charge is 0.283 e. The molecular formula is C26H24N4O2S. The normalized spacial score (nSPS) is 16.9. The van der Waals surface area contributed by atoms with E-state index < -0.39 is 0 Å². The van der Waals surface area contributed by atoms with Gasteiger partial charge in [-0.1, -0.05) is 36.0 Å². The fourth-order valence-electron chi connectivity index (χ4n) is 4.00. The third kappa shape index (κ3) is 4.00. The number of amidine groups is 2. The van der Waals surface area contributed by atoms with Gasteiger partial charge in [-0.3, -0.25) is 15.1 Å². The van der Waals surface area contributed by atoms with E-state index in [2.05, 4.69) is 41.6 Å². The van der Waals surface area contributed by atoms with Crippen LogP contribution in [0.4, 0.5) is 0 Å². The van der Waals surface area contributed by atoms with Crippen molar-refractivity contribution in [1.29, 1.82) is 5.41 Å². The van der Waals surface area contributed by atoms with Crippen LogP contribution in [0.3, 0.4) is 0 Å². The topological polar surface area (TPSA) is 70.7 Å². The van der Waals surface area contributed by atoms with Crippen molar-refractivity contribution in [3.05, 3.63) is 82.0 Å². The molecule has 0 aliphatic carbocycles. The monoisotopic (exact) mass is 456 g/mol. The number of benzene rings is 2. The molecule has 2 aliphatic rings. The molecule has 0 unspecified atom stereocenters. The lowest BCUT2D eigenvalue weighted by atomic mass is 10.1. The number of nitrogens with zero attached hydrogens (tertiary/aromatic N) is 3. The number of hydrogen-bond acceptors (Lipinski definition) is 4. The molecule has 33 heavy (non-hydrogen) atoms. The number of hydrogen-bond donors (Lipinski definition) is 1. The Morgan fingerprint density at radius 2 is 1.94 bits per heavy atom. The highest BCUT2D eigenvalue weighted by Gasteiger charge is 2.33. The molecule has 166 valence electrons. The summed E-state index contributed by atoms with van der Waals surface area (Å²) >= 11 is 1.41. The van der Waals surface area contributed by atoms with Crippen molar-refractivity contribution in [2.75, 3.05) is 6.61 Å². The molecular weight excluding hydrogens is 432 g/mol. The van der Waals surface area contributed by atoms with E-state index in [-0.39, 0.29) is 11.7 Å². The predicted octanol–water partition coefficient (Wildman–Crippen LogP) is 5.50. The fraction of sp³-hybridized carbons (Fsp3) is 0.192. The van der Waals surface area contributed by atoms with Gasteiger partial charge in [0.2, 0.25) is 0 Å². The van der Waals surface area contributed by atoms with E-state index in [1.165, 1.54) is 22.9 Å². The van der Waals surface area contributed by atoms with Crippen LogP contribution in [0, 0.1) is 19.3 Å². The van der Waals surface area contributed by atoms with E-state index in [9.17, 15) is 4.79 Å². The maximum Gasteiger partial charge on any atom is 0.283 e. The van der Waals surface area contributed by atoms with Gasteiger partial charge in [0.05, 0.1) is 12.1 Å². The molecule has 3 heterocycles. The van der Waals surface area contributed by atoms with E-state index in [0.29, 0.717) is 23.9 Å². The van der Waals surface area contributed by atoms with Crippen molar-refractivity contribution in [3.63, 3.8) is 0 Å². The third-order valence-electron chi connectivity index (χ3n) is 5.89. The molecule has 7 heteroatoms. The van der Waals surface area contributed by atoms with Gasteiger partial charge < -0.3 is 9.30 Å². The minimum atomic E-state index is -0.378. The SMILES string of the molecule is CC1=CN2C(=N)/C(=C/c3cn(CCOc4ccc(C)c(C)c4)c4ccccc34)C(=O)N=C2S1. The number of nitrogens with one attached hydrogen (secondary N) is 1. The van der Waals surface area contributed by atoms with Crippen LogP contribution in [0.2, 0.25) is 0 Å². The first kappa shape index (κ1) is 21.3. The number of aliphatic imine (C=N–C) groups is 1. The third-order valence-corrected chi connectivity index (χ3v) is 6.79. The highest BCUT2D eigenvalue weighted by atomic mass is 32.2. The zero-order chi connectivity index (χ0) is 23.1. The van der Waals surface area contributed by atoms with Crippen LogP contribution in [0.1, 0.15) is 23.6 Å². The standard InChI is InChI=1S/C26H24N4O2S/c1-16-8-9-20(12-17(16)2)32-11-10-29-15-19(21-6-4-5-7-23(21)29)13-22-24(27)30-14-18(3)33-26(30)28-25(22)31/h4-9,12-15,27H,10-11H2,1-3H3/b22-13-,27-24?. The number of thioether (sulfide) groups is 1. The lowest BCUT2D eigenvalue weighted by molar-refractivity contribution is -0.114. The number of para-hydroxylation sites is 1. The predicted molar refractivity (Wildman–Crippen MR) is 135 cm³/mol. The summed E-state index contributed by atoms with van der Waals surface area (Å²) in [6.07, 6.45) is 5.64. The first-order chi connectivity index (χ1) is 15.9.